The maximum absolute atomic E-state index is 13.0. The quantitative estimate of drug-likeness (QED) is 0.778. The van der Waals surface area contributed by atoms with Crippen molar-refractivity contribution in [3.05, 3.63) is 62.4 Å². The smallest absolute Gasteiger partial charge is 0.255 e. The van der Waals surface area contributed by atoms with E-state index >= 15 is 0 Å². The Kier molecular flexibility index (Phi) is 4.19. The molecule has 2 aromatic carbocycles. The Balaban J connectivity index is 2.16. The number of hydrogen-bond donors (Lipinski definition) is 1. The maximum atomic E-state index is 13.0. The van der Waals surface area contributed by atoms with Crippen molar-refractivity contribution in [2.24, 2.45) is 0 Å². The fourth-order valence-electron chi connectivity index (χ4n) is 1.37. The van der Waals surface area contributed by atoms with Gasteiger partial charge in [0, 0.05) is 14.8 Å². The van der Waals surface area contributed by atoms with E-state index in [-0.39, 0.29) is 10.9 Å². The van der Waals surface area contributed by atoms with Crippen molar-refractivity contribution < 1.29 is 9.18 Å². The molecular weight excluding hydrogens is 368 g/mol. The van der Waals surface area contributed by atoms with Crippen molar-refractivity contribution in [3.8, 4) is 0 Å². The van der Waals surface area contributed by atoms with Gasteiger partial charge in [-0.25, -0.2) is 4.39 Å². The minimum atomic E-state index is -0.539. The standard InChI is InChI=1S/C13H8ClFINO/c14-11-7-8(1-6-12(11)15)13(18)17-10-4-2-9(16)3-5-10/h1-7H,(H,17,18). The summed E-state index contributed by atoms with van der Waals surface area (Å²) in [6, 6.07) is 11.2. The van der Waals surface area contributed by atoms with Gasteiger partial charge in [-0.05, 0) is 65.1 Å². The fraction of sp³-hybridized carbons (Fsp3) is 0. The molecule has 0 aromatic heterocycles. The van der Waals surface area contributed by atoms with Crippen molar-refractivity contribution in [2.45, 2.75) is 0 Å². The maximum Gasteiger partial charge on any atom is 0.255 e. The van der Waals surface area contributed by atoms with Crippen molar-refractivity contribution in [1.82, 2.24) is 0 Å². The summed E-state index contributed by atoms with van der Waals surface area (Å²) in [5, 5.41) is 2.64. The van der Waals surface area contributed by atoms with Gasteiger partial charge in [-0.2, -0.15) is 0 Å². The Labute approximate surface area is 122 Å². The highest BCUT2D eigenvalue weighted by atomic mass is 127. The van der Waals surface area contributed by atoms with Crippen LogP contribution in [0.15, 0.2) is 42.5 Å². The van der Waals surface area contributed by atoms with E-state index in [0.717, 1.165) is 3.57 Å². The van der Waals surface area contributed by atoms with Crippen LogP contribution >= 0.6 is 34.2 Å². The van der Waals surface area contributed by atoms with Crippen LogP contribution in [0.2, 0.25) is 5.02 Å². The van der Waals surface area contributed by atoms with E-state index in [4.69, 9.17) is 11.6 Å². The summed E-state index contributed by atoms with van der Waals surface area (Å²) in [5.74, 6) is -0.861. The van der Waals surface area contributed by atoms with Gasteiger partial charge in [0.05, 0.1) is 5.02 Å². The van der Waals surface area contributed by atoms with Crippen molar-refractivity contribution >= 4 is 45.8 Å². The van der Waals surface area contributed by atoms with E-state index in [1.807, 2.05) is 12.1 Å². The molecule has 0 saturated carbocycles. The summed E-state index contributed by atoms with van der Waals surface area (Å²) < 4.78 is 14.0. The molecule has 1 amide bonds. The Morgan fingerprint density at radius 3 is 2.44 bits per heavy atom. The third kappa shape index (κ3) is 3.20. The van der Waals surface area contributed by atoms with Crippen molar-refractivity contribution in [3.63, 3.8) is 0 Å². The van der Waals surface area contributed by atoms with E-state index in [1.54, 1.807) is 12.1 Å². The first-order chi connectivity index (χ1) is 8.56. The monoisotopic (exact) mass is 375 g/mol. The summed E-state index contributed by atoms with van der Waals surface area (Å²) in [5.41, 5.74) is 1.00. The molecule has 2 aromatic rings. The summed E-state index contributed by atoms with van der Waals surface area (Å²) in [7, 11) is 0. The van der Waals surface area contributed by atoms with E-state index in [1.165, 1.54) is 18.2 Å². The summed E-state index contributed by atoms with van der Waals surface area (Å²) in [4.78, 5) is 11.9. The Hall–Kier alpha value is -1.14. The van der Waals surface area contributed by atoms with E-state index in [9.17, 15) is 9.18 Å². The third-order valence-electron chi connectivity index (χ3n) is 2.28. The van der Waals surface area contributed by atoms with E-state index in [2.05, 4.69) is 27.9 Å². The van der Waals surface area contributed by atoms with Crippen LogP contribution in [0, 0.1) is 9.39 Å². The lowest BCUT2D eigenvalue weighted by atomic mass is 10.2. The van der Waals surface area contributed by atoms with Crippen LogP contribution in [-0.4, -0.2) is 5.91 Å². The van der Waals surface area contributed by atoms with Crippen LogP contribution in [0.25, 0.3) is 0 Å². The average Bonchev–Trinajstić information content (AvgIpc) is 2.35. The second-order valence-electron chi connectivity index (χ2n) is 3.59. The molecule has 2 nitrogen and oxygen atoms in total. The molecule has 0 saturated heterocycles. The van der Waals surface area contributed by atoms with Gasteiger partial charge in [0.1, 0.15) is 5.82 Å². The number of anilines is 1. The van der Waals surface area contributed by atoms with Gasteiger partial charge in [-0.15, -0.1) is 0 Å². The number of benzene rings is 2. The minimum absolute atomic E-state index is 0.0646. The molecule has 0 heterocycles. The van der Waals surface area contributed by atoms with Crippen molar-refractivity contribution in [2.75, 3.05) is 5.32 Å². The number of halogens is 3. The molecule has 5 heteroatoms. The van der Waals surface area contributed by atoms with Gasteiger partial charge in [0.2, 0.25) is 0 Å². The number of carbonyl (C=O) groups is 1. The first-order valence-corrected chi connectivity index (χ1v) is 6.54. The highest BCUT2D eigenvalue weighted by Gasteiger charge is 2.08. The zero-order chi connectivity index (χ0) is 13.1. The fourth-order valence-corrected chi connectivity index (χ4v) is 1.91. The molecule has 0 aliphatic heterocycles. The highest BCUT2D eigenvalue weighted by Crippen LogP contribution is 2.17. The van der Waals surface area contributed by atoms with E-state index < -0.39 is 5.82 Å². The Bertz CT molecular complexity index is 586. The molecule has 0 spiro atoms. The number of carbonyl (C=O) groups excluding carboxylic acids is 1. The van der Waals surface area contributed by atoms with E-state index in [0.29, 0.717) is 11.3 Å². The predicted octanol–water partition coefficient (Wildman–Crippen LogP) is 4.34. The molecule has 0 aliphatic carbocycles. The van der Waals surface area contributed by atoms with Crippen LogP contribution in [-0.2, 0) is 0 Å². The zero-order valence-corrected chi connectivity index (χ0v) is 12.0. The molecule has 18 heavy (non-hydrogen) atoms. The lowest BCUT2D eigenvalue weighted by Gasteiger charge is -2.06. The van der Waals surface area contributed by atoms with Crippen LogP contribution < -0.4 is 5.32 Å². The normalized spacial score (nSPS) is 10.2. The molecule has 0 bridgehead atoms. The lowest BCUT2D eigenvalue weighted by molar-refractivity contribution is 0.102. The highest BCUT2D eigenvalue weighted by molar-refractivity contribution is 14.1. The Morgan fingerprint density at radius 1 is 1.17 bits per heavy atom. The number of hydrogen-bond acceptors (Lipinski definition) is 1. The summed E-state index contributed by atoms with van der Waals surface area (Å²) in [6.07, 6.45) is 0. The van der Waals surface area contributed by atoms with Gasteiger partial charge in [-0.3, -0.25) is 4.79 Å². The lowest BCUT2D eigenvalue weighted by Crippen LogP contribution is -2.11. The van der Waals surface area contributed by atoms with Gasteiger partial charge in [-0.1, -0.05) is 11.6 Å². The average molecular weight is 376 g/mol. The molecule has 0 unspecified atom stereocenters. The molecule has 2 rings (SSSR count). The molecule has 0 aliphatic rings. The summed E-state index contributed by atoms with van der Waals surface area (Å²) in [6.45, 7) is 0. The predicted molar refractivity (Wildman–Crippen MR) is 78.5 cm³/mol. The topological polar surface area (TPSA) is 29.1 Å². The van der Waals surface area contributed by atoms with Crippen LogP contribution in [0.5, 0.6) is 0 Å². The van der Waals surface area contributed by atoms with Crippen LogP contribution in [0.1, 0.15) is 10.4 Å². The van der Waals surface area contributed by atoms with Crippen LogP contribution in [0.4, 0.5) is 10.1 Å². The zero-order valence-electron chi connectivity index (χ0n) is 9.08. The molecule has 1 N–H and O–H groups in total. The second kappa shape index (κ2) is 5.67. The largest absolute Gasteiger partial charge is 0.322 e. The van der Waals surface area contributed by atoms with Gasteiger partial charge in [0.15, 0.2) is 0 Å². The summed E-state index contributed by atoms with van der Waals surface area (Å²) >= 11 is 7.80. The SMILES string of the molecule is O=C(Nc1ccc(I)cc1)c1ccc(F)c(Cl)c1. The minimum Gasteiger partial charge on any atom is -0.322 e. The third-order valence-corrected chi connectivity index (χ3v) is 3.29. The second-order valence-corrected chi connectivity index (χ2v) is 5.24. The van der Waals surface area contributed by atoms with Gasteiger partial charge < -0.3 is 5.32 Å². The number of rotatable bonds is 2. The molecule has 0 radical (unpaired) electrons. The molecule has 0 fully saturated rings. The Morgan fingerprint density at radius 2 is 1.83 bits per heavy atom. The molecule has 92 valence electrons. The number of amides is 1. The van der Waals surface area contributed by atoms with Gasteiger partial charge >= 0.3 is 0 Å². The van der Waals surface area contributed by atoms with Gasteiger partial charge in [0.25, 0.3) is 5.91 Å². The molecule has 0 atom stereocenters. The van der Waals surface area contributed by atoms with Crippen LogP contribution in [0.3, 0.4) is 0 Å². The first-order valence-electron chi connectivity index (χ1n) is 5.08. The van der Waals surface area contributed by atoms with Crippen molar-refractivity contribution in [1.29, 1.82) is 0 Å². The first kappa shape index (κ1) is 13.3. The molecular formula is C13H8ClFINO. The number of nitrogens with one attached hydrogen (secondary N) is 1.